The quantitative estimate of drug-likeness (QED) is 0.226. The molecule has 0 fully saturated rings. The fourth-order valence-electron chi connectivity index (χ4n) is 3.03. The number of pyridine rings is 1. The van der Waals surface area contributed by atoms with E-state index in [1.807, 2.05) is 18.2 Å². The standard InChI is InChI=1S/C22H23N5O3/c1-14(23)21-10-16(4-7-22(21)25)17-9-20(12-26-11-17)30-13-18(24)8-15-2-5-19(6-3-15)27(28)29/h2-7,9-12,18,23H,8,13,24-25H2,1H3/t18-/m0/s1. The first-order chi connectivity index (χ1) is 14.3. The zero-order valence-corrected chi connectivity index (χ0v) is 16.5. The summed E-state index contributed by atoms with van der Waals surface area (Å²) in [6.45, 7) is 1.97. The first kappa shape index (κ1) is 20.9. The SMILES string of the molecule is CC(=N)c1cc(-c2cncc(OC[C@@H](N)Cc3ccc([N+](=O)[O-])cc3)c2)ccc1N. The number of nitrogens with two attached hydrogens (primary N) is 2. The Balaban J connectivity index is 1.64. The second-order valence-corrected chi connectivity index (χ2v) is 7.04. The average molecular weight is 405 g/mol. The van der Waals surface area contributed by atoms with Gasteiger partial charge in [-0.15, -0.1) is 0 Å². The van der Waals surface area contributed by atoms with E-state index in [0.717, 1.165) is 16.7 Å². The minimum atomic E-state index is -0.430. The summed E-state index contributed by atoms with van der Waals surface area (Å²) >= 11 is 0. The predicted octanol–water partition coefficient (Wildman–Crippen LogP) is 3.58. The van der Waals surface area contributed by atoms with Gasteiger partial charge >= 0.3 is 0 Å². The van der Waals surface area contributed by atoms with E-state index in [1.54, 1.807) is 37.5 Å². The first-order valence-electron chi connectivity index (χ1n) is 9.35. The molecule has 8 nitrogen and oxygen atoms in total. The number of anilines is 1. The Morgan fingerprint density at radius 3 is 2.57 bits per heavy atom. The van der Waals surface area contributed by atoms with Crippen LogP contribution in [0.1, 0.15) is 18.1 Å². The van der Waals surface area contributed by atoms with Gasteiger partial charge in [0.05, 0.1) is 11.1 Å². The van der Waals surface area contributed by atoms with Crippen molar-refractivity contribution in [2.75, 3.05) is 12.3 Å². The highest BCUT2D eigenvalue weighted by Crippen LogP contribution is 2.26. The van der Waals surface area contributed by atoms with Gasteiger partial charge in [-0.3, -0.25) is 15.1 Å². The predicted molar refractivity (Wildman–Crippen MR) is 117 cm³/mol. The Morgan fingerprint density at radius 1 is 1.17 bits per heavy atom. The lowest BCUT2D eigenvalue weighted by Gasteiger charge is -2.14. The molecule has 154 valence electrons. The summed E-state index contributed by atoms with van der Waals surface area (Å²) in [6.07, 6.45) is 3.87. The van der Waals surface area contributed by atoms with Gasteiger partial charge in [0.2, 0.25) is 0 Å². The topological polar surface area (TPSA) is 141 Å². The number of nitro benzene ring substituents is 1. The minimum absolute atomic E-state index is 0.0514. The number of hydrogen-bond acceptors (Lipinski definition) is 7. The van der Waals surface area contributed by atoms with Crippen LogP contribution in [0.3, 0.4) is 0 Å². The molecule has 0 unspecified atom stereocenters. The molecular formula is C22H23N5O3. The van der Waals surface area contributed by atoms with E-state index in [-0.39, 0.29) is 18.3 Å². The largest absolute Gasteiger partial charge is 0.490 e. The maximum Gasteiger partial charge on any atom is 0.269 e. The van der Waals surface area contributed by atoms with Crippen molar-refractivity contribution in [3.63, 3.8) is 0 Å². The number of nitrogens with zero attached hydrogens (tertiary/aromatic N) is 2. The summed E-state index contributed by atoms with van der Waals surface area (Å²) in [7, 11) is 0. The Labute approximate surface area is 174 Å². The van der Waals surface area contributed by atoms with Crippen LogP contribution in [0.15, 0.2) is 60.9 Å². The van der Waals surface area contributed by atoms with Crippen molar-refractivity contribution in [3.8, 4) is 16.9 Å². The molecule has 30 heavy (non-hydrogen) atoms. The number of ether oxygens (including phenoxy) is 1. The molecule has 0 spiro atoms. The Kier molecular flexibility index (Phi) is 6.38. The molecule has 0 aliphatic heterocycles. The van der Waals surface area contributed by atoms with Gasteiger partial charge in [0.25, 0.3) is 5.69 Å². The van der Waals surface area contributed by atoms with Crippen LogP contribution in [0, 0.1) is 15.5 Å². The van der Waals surface area contributed by atoms with Crippen LogP contribution in [0.25, 0.3) is 11.1 Å². The number of aromatic nitrogens is 1. The van der Waals surface area contributed by atoms with E-state index in [9.17, 15) is 10.1 Å². The molecule has 0 bridgehead atoms. The Morgan fingerprint density at radius 2 is 1.90 bits per heavy atom. The number of rotatable bonds is 8. The number of nitrogens with one attached hydrogen (secondary N) is 1. The van der Waals surface area contributed by atoms with Crippen LogP contribution < -0.4 is 16.2 Å². The van der Waals surface area contributed by atoms with Crippen molar-refractivity contribution >= 4 is 17.1 Å². The normalized spacial score (nSPS) is 11.7. The molecular weight excluding hydrogens is 382 g/mol. The van der Waals surface area contributed by atoms with Crippen molar-refractivity contribution in [3.05, 3.63) is 82.2 Å². The van der Waals surface area contributed by atoms with Gasteiger partial charge in [-0.25, -0.2) is 0 Å². The fourth-order valence-corrected chi connectivity index (χ4v) is 3.03. The maximum absolute atomic E-state index is 10.7. The molecule has 1 heterocycles. The highest BCUT2D eigenvalue weighted by atomic mass is 16.6. The highest BCUT2D eigenvalue weighted by molar-refractivity contribution is 6.02. The zero-order valence-electron chi connectivity index (χ0n) is 16.5. The third-order valence-electron chi connectivity index (χ3n) is 4.61. The summed E-state index contributed by atoms with van der Waals surface area (Å²) in [6, 6.07) is 13.4. The van der Waals surface area contributed by atoms with Gasteiger partial charge in [0, 0.05) is 46.9 Å². The zero-order chi connectivity index (χ0) is 21.7. The van der Waals surface area contributed by atoms with Crippen LogP contribution in [-0.2, 0) is 6.42 Å². The lowest BCUT2D eigenvalue weighted by molar-refractivity contribution is -0.384. The monoisotopic (exact) mass is 405 g/mol. The van der Waals surface area contributed by atoms with Gasteiger partial charge in [-0.1, -0.05) is 18.2 Å². The maximum atomic E-state index is 10.7. The molecule has 5 N–H and O–H groups in total. The molecule has 0 aliphatic rings. The van der Waals surface area contributed by atoms with Crippen molar-refractivity contribution in [1.82, 2.24) is 4.98 Å². The van der Waals surface area contributed by atoms with Gasteiger partial charge in [-0.2, -0.15) is 0 Å². The van der Waals surface area contributed by atoms with E-state index < -0.39 is 4.92 Å². The molecule has 1 atom stereocenters. The van der Waals surface area contributed by atoms with E-state index in [0.29, 0.717) is 29.1 Å². The Hall–Kier alpha value is -3.78. The lowest BCUT2D eigenvalue weighted by Crippen LogP contribution is -2.30. The van der Waals surface area contributed by atoms with Crippen molar-refractivity contribution in [1.29, 1.82) is 5.41 Å². The lowest BCUT2D eigenvalue weighted by atomic mass is 10.0. The second-order valence-electron chi connectivity index (χ2n) is 7.04. The van der Waals surface area contributed by atoms with Gasteiger partial charge in [0.15, 0.2) is 0 Å². The smallest absolute Gasteiger partial charge is 0.269 e. The summed E-state index contributed by atoms with van der Waals surface area (Å²) in [5.74, 6) is 0.580. The van der Waals surface area contributed by atoms with Gasteiger partial charge in [0.1, 0.15) is 12.4 Å². The molecule has 0 amide bonds. The summed E-state index contributed by atoms with van der Waals surface area (Å²) in [4.78, 5) is 14.5. The van der Waals surface area contributed by atoms with Gasteiger partial charge < -0.3 is 21.6 Å². The van der Waals surface area contributed by atoms with Crippen molar-refractivity contribution < 1.29 is 9.66 Å². The highest BCUT2D eigenvalue weighted by Gasteiger charge is 2.10. The molecule has 3 aromatic rings. The molecule has 3 rings (SSSR count). The van der Waals surface area contributed by atoms with E-state index in [2.05, 4.69) is 4.98 Å². The Bertz CT molecular complexity index is 1070. The average Bonchev–Trinajstić information content (AvgIpc) is 2.73. The number of benzene rings is 2. The second kappa shape index (κ2) is 9.15. The van der Waals surface area contributed by atoms with E-state index in [1.165, 1.54) is 12.1 Å². The van der Waals surface area contributed by atoms with Crippen molar-refractivity contribution in [2.45, 2.75) is 19.4 Å². The summed E-state index contributed by atoms with van der Waals surface area (Å²) in [5.41, 5.74) is 16.4. The van der Waals surface area contributed by atoms with Gasteiger partial charge in [-0.05, 0) is 42.7 Å². The minimum Gasteiger partial charge on any atom is -0.490 e. The molecule has 8 heteroatoms. The summed E-state index contributed by atoms with van der Waals surface area (Å²) in [5, 5.41) is 18.6. The van der Waals surface area contributed by atoms with Crippen LogP contribution in [-0.4, -0.2) is 28.3 Å². The third kappa shape index (κ3) is 5.18. The van der Waals surface area contributed by atoms with E-state index in [4.69, 9.17) is 21.6 Å². The van der Waals surface area contributed by atoms with E-state index >= 15 is 0 Å². The van der Waals surface area contributed by atoms with Crippen molar-refractivity contribution in [2.24, 2.45) is 5.73 Å². The first-order valence-corrected chi connectivity index (χ1v) is 9.35. The molecule has 0 aliphatic carbocycles. The number of hydrogen-bond donors (Lipinski definition) is 3. The number of nitrogen functional groups attached to an aromatic ring is 1. The van der Waals surface area contributed by atoms with Crippen LogP contribution >= 0.6 is 0 Å². The number of non-ortho nitro benzene ring substituents is 1. The molecule has 0 saturated carbocycles. The molecule has 1 aromatic heterocycles. The van der Waals surface area contributed by atoms with Crippen LogP contribution in [0.2, 0.25) is 0 Å². The summed E-state index contributed by atoms with van der Waals surface area (Å²) < 4.78 is 5.80. The van der Waals surface area contributed by atoms with Crippen LogP contribution in [0.4, 0.5) is 11.4 Å². The third-order valence-corrected chi connectivity index (χ3v) is 4.61. The molecule has 0 radical (unpaired) electrons. The van der Waals surface area contributed by atoms with Crippen LogP contribution in [0.5, 0.6) is 5.75 Å². The molecule has 2 aromatic carbocycles. The molecule has 0 saturated heterocycles. The fraction of sp³-hybridized carbons (Fsp3) is 0.182. The number of nitro groups is 1.